The van der Waals surface area contributed by atoms with E-state index in [9.17, 15) is 14.7 Å². The zero-order valence-corrected chi connectivity index (χ0v) is 15.8. The van der Waals surface area contributed by atoms with Crippen molar-refractivity contribution in [2.75, 3.05) is 40.3 Å². The van der Waals surface area contributed by atoms with Gasteiger partial charge in [0, 0.05) is 26.6 Å². The van der Waals surface area contributed by atoms with Gasteiger partial charge in [-0.1, -0.05) is 0 Å². The van der Waals surface area contributed by atoms with E-state index in [2.05, 4.69) is 17.6 Å². The molecular formula is C13H23BN3O5Os. The van der Waals surface area contributed by atoms with E-state index in [1.807, 2.05) is 0 Å². The minimum atomic E-state index is -0.902. The van der Waals surface area contributed by atoms with E-state index in [0.29, 0.717) is 6.54 Å². The normalized spacial score (nSPS) is 26.7. The first-order valence-electron chi connectivity index (χ1n) is 7.06. The Balaban J connectivity index is 0.00000484. The first-order valence-corrected chi connectivity index (χ1v) is 7.06. The van der Waals surface area contributed by atoms with E-state index >= 15 is 0 Å². The number of carbonyl (C=O) groups excluding carboxylic acids is 2. The van der Waals surface area contributed by atoms with Crippen LogP contribution in [0.25, 0.3) is 0 Å². The van der Waals surface area contributed by atoms with Crippen molar-refractivity contribution in [1.29, 1.82) is 0 Å². The fourth-order valence-electron chi connectivity index (χ4n) is 2.06. The van der Waals surface area contributed by atoms with E-state index in [4.69, 9.17) is 17.3 Å². The number of nitrogens with one attached hydrogen (secondary N) is 2. The molecule has 1 aliphatic heterocycles. The Hall–Kier alpha value is -0.519. The molecule has 0 aromatic rings. The predicted octanol–water partition coefficient (Wildman–Crippen LogP) is -2.75. The quantitative estimate of drug-likeness (QED) is 0.246. The summed E-state index contributed by atoms with van der Waals surface area (Å²) in [6, 6.07) is -0.746. The first kappa shape index (κ1) is 22.5. The van der Waals surface area contributed by atoms with E-state index in [1.165, 1.54) is 14.1 Å². The Morgan fingerprint density at radius 3 is 2.22 bits per heavy atom. The Morgan fingerprint density at radius 2 is 1.83 bits per heavy atom. The van der Waals surface area contributed by atoms with E-state index in [1.54, 1.807) is 4.90 Å². The van der Waals surface area contributed by atoms with Crippen molar-refractivity contribution in [3.05, 3.63) is 6.92 Å². The molecule has 0 aliphatic carbocycles. The molecule has 0 aromatic carbocycles. The summed E-state index contributed by atoms with van der Waals surface area (Å²) < 4.78 is 10.7. The zero-order chi connectivity index (χ0) is 16.7. The van der Waals surface area contributed by atoms with Gasteiger partial charge in [0.15, 0.2) is 0 Å². The van der Waals surface area contributed by atoms with Crippen LogP contribution in [0.15, 0.2) is 0 Å². The fraction of sp³-hybridized carbons (Fsp3) is 0.769. The number of carbonyl (C=O) groups is 2. The maximum Gasteiger partial charge on any atom is 1.00 e. The van der Waals surface area contributed by atoms with Gasteiger partial charge >= 0.3 is 19.8 Å². The maximum atomic E-state index is 11.4. The second-order valence-electron chi connectivity index (χ2n) is 5.02. The summed E-state index contributed by atoms with van der Waals surface area (Å²) in [5.74, 6) is -0.412. The summed E-state index contributed by atoms with van der Waals surface area (Å²) in [5.41, 5.74) is 0. The molecule has 10 heteroatoms. The van der Waals surface area contributed by atoms with Crippen LogP contribution in [0.4, 0.5) is 0 Å². The topological polar surface area (TPSA) is 100 Å². The third-order valence-electron chi connectivity index (χ3n) is 3.38. The first-order chi connectivity index (χ1) is 10.4. The van der Waals surface area contributed by atoms with Gasteiger partial charge in [-0.05, 0) is 6.10 Å². The summed E-state index contributed by atoms with van der Waals surface area (Å²) in [6.45, 7) is 4.28. The van der Waals surface area contributed by atoms with Gasteiger partial charge in [0.2, 0.25) is 11.8 Å². The number of aliphatic hydroxyl groups excluding tert-OH is 1. The maximum absolute atomic E-state index is 11.4. The summed E-state index contributed by atoms with van der Waals surface area (Å²) in [5, 5.41) is 14.8. The predicted molar refractivity (Wildman–Crippen MR) is 80.1 cm³/mol. The number of aliphatic hydroxyl groups is 1. The Morgan fingerprint density at radius 1 is 1.30 bits per heavy atom. The monoisotopic (exact) mass is 504 g/mol. The number of likely N-dealkylation sites (N-methyl/N-ethyl adjacent to an activating group) is 2. The molecule has 0 saturated carbocycles. The van der Waals surface area contributed by atoms with Crippen molar-refractivity contribution in [2.45, 2.75) is 24.3 Å². The summed E-state index contributed by atoms with van der Waals surface area (Å²) in [6.07, 6.45) is -2.21. The van der Waals surface area contributed by atoms with Crippen LogP contribution in [0.3, 0.4) is 0 Å². The molecule has 0 bridgehead atoms. The fourth-order valence-corrected chi connectivity index (χ4v) is 2.06. The van der Waals surface area contributed by atoms with Gasteiger partial charge in [0.05, 0.1) is 25.8 Å². The molecule has 3 N–H and O–H groups in total. The smallest absolute Gasteiger partial charge is 0.411 e. The van der Waals surface area contributed by atoms with Crippen molar-refractivity contribution >= 4 is 19.7 Å². The molecule has 1 aliphatic rings. The van der Waals surface area contributed by atoms with E-state index in [-0.39, 0.29) is 51.3 Å². The van der Waals surface area contributed by atoms with Crippen molar-refractivity contribution < 1.29 is 44.0 Å². The number of ether oxygens (including phenoxy) is 2. The standard InChI is InChI=1S/C13H23BN3O5.Os/c1-8-11(20)12(13(14)22-8)21-5-4-17(6-9(18)15-2)7-10(19)16-3;/h8,11-13,20H,1,4-7H2,2-3H3,(H,15,18)(H,16,19);/q-1;+1/t8-,11?,12?,13-;/m1./s1. The second-order valence-corrected chi connectivity index (χ2v) is 5.02. The third kappa shape index (κ3) is 7.27. The van der Waals surface area contributed by atoms with Crippen LogP contribution in [-0.4, -0.2) is 94.3 Å². The van der Waals surface area contributed by atoms with Crippen LogP contribution < -0.4 is 10.6 Å². The third-order valence-corrected chi connectivity index (χ3v) is 3.38. The average Bonchev–Trinajstić information content (AvgIpc) is 2.72. The van der Waals surface area contributed by atoms with E-state index in [0.717, 1.165) is 0 Å². The Labute approximate surface area is 151 Å². The number of nitrogens with zero attached hydrogens (tertiary/aromatic N) is 1. The largest absolute Gasteiger partial charge is 1.00 e. The molecular weight excluding hydrogens is 479 g/mol. The van der Waals surface area contributed by atoms with E-state index < -0.39 is 24.3 Å². The number of hydrogen-bond donors (Lipinski definition) is 3. The molecule has 0 aromatic heterocycles. The van der Waals surface area contributed by atoms with Gasteiger partial charge < -0.3 is 32.1 Å². The molecule has 1 rings (SSSR count). The number of hydrogen-bond acceptors (Lipinski definition) is 6. The summed E-state index contributed by atoms with van der Waals surface area (Å²) in [7, 11) is 8.74. The van der Waals surface area contributed by atoms with Gasteiger partial charge in [0.1, 0.15) is 14.0 Å². The Kier molecular flexibility index (Phi) is 10.9. The van der Waals surface area contributed by atoms with Crippen LogP contribution in [0.1, 0.15) is 0 Å². The molecule has 3 radical (unpaired) electrons. The molecule has 23 heavy (non-hydrogen) atoms. The molecule has 4 atom stereocenters. The molecule has 2 unspecified atom stereocenters. The van der Waals surface area contributed by atoms with Crippen LogP contribution in [0.2, 0.25) is 0 Å². The van der Waals surface area contributed by atoms with Gasteiger partial charge in [0.25, 0.3) is 0 Å². The summed E-state index contributed by atoms with van der Waals surface area (Å²) in [4.78, 5) is 24.5. The molecule has 8 nitrogen and oxygen atoms in total. The second kappa shape index (κ2) is 11.1. The minimum Gasteiger partial charge on any atom is -0.411 e. The van der Waals surface area contributed by atoms with Crippen molar-refractivity contribution in [2.24, 2.45) is 0 Å². The summed E-state index contributed by atoms with van der Waals surface area (Å²) >= 11 is 0. The van der Waals surface area contributed by atoms with Gasteiger partial charge in [-0.3, -0.25) is 14.5 Å². The van der Waals surface area contributed by atoms with Crippen LogP contribution >= 0.6 is 0 Å². The average molecular weight is 502 g/mol. The van der Waals surface area contributed by atoms with Gasteiger partial charge in [-0.15, -0.1) is 0 Å². The minimum absolute atomic E-state index is 0. The van der Waals surface area contributed by atoms with Crippen molar-refractivity contribution in [1.82, 2.24) is 15.5 Å². The van der Waals surface area contributed by atoms with Crippen molar-refractivity contribution in [3.63, 3.8) is 0 Å². The molecule has 2 amide bonds. The Bertz CT molecular complexity index is 373. The zero-order valence-electron chi connectivity index (χ0n) is 13.3. The van der Waals surface area contributed by atoms with Crippen LogP contribution in [-0.2, 0) is 38.9 Å². The van der Waals surface area contributed by atoms with Crippen LogP contribution in [0.5, 0.6) is 0 Å². The number of amides is 2. The molecule has 1 fully saturated rings. The van der Waals surface area contributed by atoms with Gasteiger partial charge in [-0.2, -0.15) is 0 Å². The van der Waals surface area contributed by atoms with Crippen molar-refractivity contribution in [3.8, 4) is 0 Å². The SMILES string of the molecule is [B][C@@H]1O[C@H]([CH2-])C(O)C1OCCN(CC(=O)NC)CC(=O)NC.[Os+]. The van der Waals surface area contributed by atoms with Gasteiger partial charge in [-0.25, -0.2) is 0 Å². The molecule has 1 saturated heterocycles. The molecule has 0 spiro atoms. The molecule has 131 valence electrons. The number of rotatable bonds is 8. The molecule has 1 heterocycles. The van der Waals surface area contributed by atoms with Crippen LogP contribution in [0, 0.1) is 6.92 Å².